The van der Waals surface area contributed by atoms with E-state index in [1.165, 1.54) is 0 Å². The van der Waals surface area contributed by atoms with Crippen molar-refractivity contribution in [1.29, 1.82) is 0 Å². The standard InChI is InChI=1S/C17H26N2O4/c1-21-14-7-11(8-15(22-2)16(14)23-3)10-19-17(20)13-6-4-5-12(13)9-18/h7-8,12-13H,4-6,9-10,18H2,1-3H3,(H,19,20)/t12-,13-/m1/s1. The number of hydrogen-bond acceptors (Lipinski definition) is 5. The maximum atomic E-state index is 12.4. The van der Waals surface area contributed by atoms with Gasteiger partial charge in [-0.25, -0.2) is 0 Å². The van der Waals surface area contributed by atoms with E-state index in [1.54, 1.807) is 21.3 Å². The Morgan fingerprint density at radius 2 is 1.83 bits per heavy atom. The van der Waals surface area contributed by atoms with Crippen molar-refractivity contribution in [2.24, 2.45) is 17.6 Å². The van der Waals surface area contributed by atoms with E-state index in [1.807, 2.05) is 12.1 Å². The van der Waals surface area contributed by atoms with E-state index >= 15 is 0 Å². The van der Waals surface area contributed by atoms with E-state index in [9.17, 15) is 4.79 Å². The predicted molar refractivity (Wildman–Crippen MR) is 87.8 cm³/mol. The van der Waals surface area contributed by atoms with Gasteiger partial charge in [0.1, 0.15) is 0 Å². The number of amides is 1. The molecule has 0 unspecified atom stereocenters. The zero-order valence-electron chi connectivity index (χ0n) is 14.1. The Bertz CT molecular complexity index is 522. The van der Waals surface area contributed by atoms with Gasteiger partial charge in [-0.1, -0.05) is 6.42 Å². The molecule has 1 fully saturated rings. The van der Waals surface area contributed by atoms with Crippen LogP contribution in [-0.4, -0.2) is 33.8 Å². The lowest BCUT2D eigenvalue weighted by molar-refractivity contribution is -0.126. The molecule has 0 aromatic heterocycles. The monoisotopic (exact) mass is 322 g/mol. The summed E-state index contributed by atoms with van der Waals surface area (Å²) in [5.74, 6) is 2.11. The molecule has 0 heterocycles. The largest absolute Gasteiger partial charge is 0.493 e. The lowest BCUT2D eigenvalue weighted by atomic mass is 9.95. The molecular weight excluding hydrogens is 296 g/mol. The van der Waals surface area contributed by atoms with Crippen LogP contribution in [0.4, 0.5) is 0 Å². The SMILES string of the molecule is COc1cc(CNC(=O)[C@@H]2CCC[C@@H]2CN)cc(OC)c1OC. The van der Waals surface area contributed by atoms with Crippen LogP contribution < -0.4 is 25.3 Å². The number of nitrogens with two attached hydrogens (primary N) is 1. The maximum absolute atomic E-state index is 12.4. The lowest BCUT2D eigenvalue weighted by Gasteiger charge is -2.18. The minimum atomic E-state index is 0.0297. The summed E-state index contributed by atoms with van der Waals surface area (Å²) in [6.07, 6.45) is 3.03. The van der Waals surface area contributed by atoms with Gasteiger partial charge < -0.3 is 25.3 Å². The first-order chi connectivity index (χ1) is 11.1. The highest BCUT2D eigenvalue weighted by Gasteiger charge is 2.31. The van der Waals surface area contributed by atoms with Crippen molar-refractivity contribution >= 4 is 5.91 Å². The number of ether oxygens (including phenoxy) is 3. The second kappa shape index (κ2) is 8.06. The van der Waals surface area contributed by atoms with Crippen LogP contribution in [0.2, 0.25) is 0 Å². The molecule has 0 spiro atoms. The van der Waals surface area contributed by atoms with Gasteiger partial charge in [-0.3, -0.25) is 4.79 Å². The van der Waals surface area contributed by atoms with Crippen molar-refractivity contribution in [2.45, 2.75) is 25.8 Å². The first-order valence-corrected chi connectivity index (χ1v) is 7.91. The van der Waals surface area contributed by atoms with Crippen LogP contribution >= 0.6 is 0 Å². The van der Waals surface area contributed by atoms with Crippen LogP contribution in [0, 0.1) is 11.8 Å². The van der Waals surface area contributed by atoms with Gasteiger partial charge in [0.25, 0.3) is 0 Å². The molecule has 6 heteroatoms. The van der Waals surface area contributed by atoms with Crippen molar-refractivity contribution in [3.8, 4) is 17.2 Å². The summed E-state index contributed by atoms with van der Waals surface area (Å²) in [6.45, 7) is 0.992. The minimum Gasteiger partial charge on any atom is -0.493 e. The first kappa shape index (κ1) is 17.4. The highest BCUT2D eigenvalue weighted by molar-refractivity contribution is 5.79. The third-order valence-electron chi connectivity index (χ3n) is 4.49. The number of nitrogens with one attached hydrogen (secondary N) is 1. The summed E-state index contributed by atoms with van der Waals surface area (Å²) < 4.78 is 15.9. The number of benzene rings is 1. The Kier molecular flexibility index (Phi) is 6.10. The smallest absolute Gasteiger partial charge is 0.223 e. The number of rotatable bonds is 7. The normalized spacial score (nSPS) is 20.2. The topological polar surface area (TPSA) is 82.8 Å². The van der Waals surface area contributed by atoms with Crippen LogP contribution in [0.15, 0.2) is 12.1 Å². The zero-order valence-corrected chi connectivity index (χ0v) is 14.1. The van der Waals surface area contributed by atoms with E-state index in [0.29, 0.717) is 36.3 Å². The molecule has 6 nitrogen and oxygen atoms in total. The Labute approximate surface area is 137 Å². The Hall–Kier alpha value is -1.95. The van der Waals surface area contributed by atoms with Crippen LogP contribution in [0.1, 0.15) is 24.8 Å². The molecule has 0 radical (unpaired) electrons. The number of carbonyl (C=O) groups is 1. The zero-order chi connectivity index (χ0) is 16.8. The number of hydrogen-bond donors (Lipinski definition) is 2. The fourth-order valence-corrected chi connectivity index (χ4v) is 3.22. The molecule has 1 amide bonds. The van der Waals surface area contributed by atoms with Crippen LogP contribution in [0.3, 0.4) is 0 Å². The molecule has 0 bridgehead atoms. The van der Waals surface area contributed by atoms with Crippen LogP contribution in [0.5, 0.6) is 17.2 Å². The van der Waals surface area contributed by atoms with E-state index in [4.69, 9.17) is 19.9 Å². The molecule has 0 aliphatic heterocycles. The molecule has 0 saturated heterocycles. The molecule has 1 aromatic rings. The van der Waals surface area contributed by atoms with Gasteiger partial charge in [-0.05, 0) is 43.0 Å². The van der Waals surface area contributed by atoms with Crippen LogP contribution in [0.25, 0.3) is 0 Å². The van der Waals surface area contributed by atoms with E-state index in [2.05, 4.69) is 5.32 Å². The second-order valence-electron chi connectivity index (χ2n) is 5.78. The van der Waals surface area contributed by atoms with Crippen molar-refractivity contribution in [3.05, 3.63) is 17.7 Å². The molecule has 2 atom stereocenters. The molecule has 3 N–H and O–H groups in total. The van der Waals surface area contributed by atoms with Crippen LogP contribution in [-0.2, 0) is 11.3 Å². The summed E-state index contributed by atoms with van der Waals surface area (Å²) in [6, 6.07) is 3.69. The summed E-state index contributed by atoms with van der Waals surface area (Å²) in [4.78, 5) is 12.4. The highest BCUT2D eigenvalue weighted by Crippen LogP contribution is 2.38. The summed E-state index contributed by atoms with van der Waals surface area (Å²) in [5, 5.41) is 3.00. The Balaban J connectivity index is 2.07. The maximum Gasteiger partial charge on any atom is 0.223 e. The fraction of sp³-hybridized carbons (Fsp3) is 0.588. The molecule has 23 heavy (non-hydrogen) atoms. The van der Waals surface area contributed by atoms with Gasteiger partial charge >= 0.3 is 0 Å². The molecule has 1 aliphatic rings. The minimum absolute atomic E-state index is 0.0297. The van der Waals surface area contributed by atoms with Crippen molar-refractivity contribution in [1.82, 2.24) is 5.32 Å². The molecular formula is C17H26N2O4. The second-order valence-corrected chi connectivity index (χ2v) is 5.78. The third-order valence-corrected chi connectivity index (χ3v) is 4.49. The number of carbonyl (C=O) groups excluding carboxylic acids is 1. The van der Waals surface area contributed by atoms with Crippen molar-refractivity contribution in [3.63, 3.8) is 0 Å². The quantitative estimate of drug-likeness (QED) is 0.798. The Morgan fingerprint density at radius 1 is 1.17 bits per heavy atom. The molecule has 2 rings (SSSR count). The summed E-state index contributed by atoms with van der Waals surface area (Å²) >= 11 is 0. The molecule has 1 aromatic carbocycles. The van der Waals surface area contributed by atoms with E-state index in [0.717, 1.165) is 24.8 Å². The average molecular weight is 322 g/mol. The summed E-state index contributed by atoms with van der Waals surface area (Å²) in [7, 11) is 4.71. The van der Waals surface area contributed by atoms with E-state index < -0.39 is 0 Å². The number of methoxy groups -OCH3 is 3. The predicted octanol–water partition coefficient (Wildman–Crippen LogP) is 1.70. The molecule has 1 aliphatic carbocycles. The third kappa shape index (κ3) is 3.88. The highest BCUT2D eigenvalue weighted by atomic mass is 16.5. The van der Waals surface area contributed by atoms with Gasteiger partial charge in [-0.15, -0.1) is 0 Å². The average Bonchev–Trinajstić information content (AvgIpc) is 3.07. The van der Waals surface area contributed by atoms with Gasteiger partial charge in [0, 0.05) is 12.5 Å². The van der Waals surface area contributed by atoms with Gasteiger partial charge in [0.05, 0.1) is 21.3 Å². The summed E-state index contributed by atoms with van der Waals surface area (Å²) in [5.41, 5.74) is 6.65. The van der Waals surface area contributed by atoms with Gasteiger partial charge in [-0.2, -0.15) is 0 Å². The fourth-order valence-electron chi connectivity index (χ4n) is 3.22. The van der Waals surface area contributed by atoms with E-state index in [-0.39, 0.29) is 11.8 Å². The van der Waals surface area contributed by atoms with Crippen molar-refractivity contribution < 1.29 is 19.0 Å². The first-order valence-electron chi connectivity index (χ1n) is 7.91. The molecule has 1 saturated carbocycles. The Morgan fingerprint density at radius 3 is 2.35 bits per heavy atom. The van der Waals surface area contributed by atoms with Gasteiger partial charge in [0.15, 0.2) is 11.5 Å². The van der Waals surface area contributed by atoms with Gasteiger partial charge in [0.2, 0.25) is 11.7 Å². The van der Waals surface area contributed by atoms with Crippen molar-refractivity contribution in [2.75, 3.05) is 27.9 Å². The lowest BCUT2D eigenvalue weighted by Crippen LogP contribution is -2.34. The molecule has 128 valence electrons.